The van der Waals surface area contributed by atoms with Crippen LogP contribution in [0.15, 0.2) is 72.8 Å². The predicted octanol–water partition coefficient (Wildman–Crippen LogP) is 5.16. The molecule has 0 aromatic heterocycles. The van der Waals surface area contributed by atoms with Crippen molar-refractivity contribution in [3.8, 4) is 16.9 Å². The maximum absolute atomic E-state index is 13.6. The van der Waals surface area contributed by atoms with Gasteiger partial charge >= 0.3 is 6.09 Å². The van der Waals surface area contributed by atoms with Gasteiger partial charge in [0, 0.05) is 50.9 Å². The number of fused-ring (bicyclic) bond motifs is 3. The molecule has 1 aliphatic rings. The van der Waals surface area contributed by atoms with Gasteiger partial charge in [0.2, 0.25) is 11.8 Å². The zero-order valence-electron chi connectivity index (χ0n) is 26.7. The maximum Gasteiger partial charge on any atom is 0.410 e. The highest BCUT2D eigenvalue weighted by atomic mass is 16.7. The third-order valence-electron chi connectivity index (χ3n) is 7.65. The lowest BCUT2D eigenvalue weighted by Gasteiger charge is -2.30. The van der Waals surface area contributed by atoms with Gasteiger partial charge in [-0.1, -0.05) is 60.7 Å². The molecule has 45 heavy (non-hydrogen) atoms. The van der Waals surface area contributed by atoms with Crippen molar-refractivity contribution in [2.75, 3.05) is 40.5 Å². The molecule has 0 fully saturated rings. The molecule has 0 heterocycles. The summed E-state index contributed by atoms with van der Waals surface area (Å²) in [7, 11) is 3.19. The average Bonchev–Trinajstić information content (AvgIpc) is 3.36. The standard InChI is InChI=1S/C35H43N3O7/c1-6-43-32(44-7-2)23-38(22-25-16-18-26(42-5)19-17-25)34(40)24(3)36-31(39)20-21-37(4)35(41)45-33-29-14-10-8-12-27(29)28-13-9-11-15-30(28)33/h8-19,24,32-33H,6-7,20-23H2,1-5H3,(H,36,39). The maximum atomic E-state index is 13.6. The van der Waals surface area contributed by atoms with Gasteiger partial charge in [0.15, 0.2) is 12.4 Å². The van der Waals surface area contributed by atoms with Gasteiger partial charge < -0.3 is 34.1 Å². The summed E-state index contributed by atoms with van der Waals surface area (Å²) < 4.78 is 22.6. The van der Waals surface area contributed by atoms with Crippen molar-refractivity contribution < 1.29 is 33.3 Å². The highest BCUT2D eigenvalue weighted by Crippen LogP contribution is 2.45. The molecule has 4 rings (SSSR count). The Labute approximate surface area is 265 Å². The van der Waals surface area contributed by atoms with Crippen molar-refractivity contribution >= 4 is 17.9 Å². The van der Waals surface area contributed by atoms with Gasteiger partial charge in [0.1, 0.15) is 11.8 Å². The lowest BCUT2D eigenvalue weighted by Crippen LogP contribution is -2.49. The molecule has 0 radical (unpaired) electrons. The number of ether oxygens (including phenoxy) is 4. The molecule has 3 aromatic rings. The summed E-state index contributed by atoms with van der Waals surface area (Å²) in [6, 6.07) is 22.3. The summed E-state index contributed by atoms with van der Waals surface area (Å²) in [6.07, 6.45) is -1.66. The van der Waals surface area contributed by atoms with Crippen LogP contribution in [0.5, 0.6) is 5.75 Å². The fourth-order valence-corrected chi connectivity index (χ4v) is 5.33. The number of nitrogens with zero attached hydrogens (tertiary/aromatic N) is 2. The minimum Gasteiger partial charge on any atom is -0.497 e. The summed E-state index contributed by atoms with van der Waals surface area (Å²) >= 11 is 0. The Hall–Kier alpha value is -4.41. The Morgan fingerprint density at radius 1 is 0.867 bits per heavy atom. The molecule has 1 unspecified atom stereocenters. The number of nitrogens with one attached hydrogen (secondary N) is 1. The molecule has 0 spiro atoms. The predicted molar refractivity (Wildman–Crippen MR) is 171 cm³/mol. The number of benzene rings is 3. The molecular formula is C35H43N3O7. The molecule has 0 aliphatic heterocycles. The van der Waals surface area contributed by atoms with Gasteiger partial charge in [-0.3, -0.25) is 9.59 Å². The van der Waals surface area contributed by atoms with Gasteiger partial charge in [0.25, 0.3) is 0 Å². The zero-order valence-corrected chi connectivity index (χ0v) is 26.7. The van der Waals surface area contributed by atoms with E-state index in [1.807, 2.05) is 86.6 Å². The molecule has 0 saturated heterocycles. The summed E-state index contributed by atoms with van der Waals surface area (Å²) in [4.78, 5) is 42.5. The number of methoxy groups -OCH3 is 1. The van der Waals surface area contributed by atoms with Crippen LogP contribution in [0.4, 0.5) is 4.79 Å². The van der Waals surface area contributed by atoms with E-state index in [-0.39, 0.29) is 31.3 Å². The summed E-state index contributed by atoms with van der Waals surface area (Å²) in [5.74, 6) is 0.0722. The summed E-state index contributed by atoms with van der Waals surface area (Å²) in [5, 5.41) is 2.78. The number of carbonyl (C=O) groups is 3. The minimum absolute atomic E-state index is 0.0000567. The first-order chi connectivity index (χ1) is 21.7. The number of hydrogen-bond donors (Lipinski definition) is 1. The molecule has 3 aromatic carbocycles. The molecule has 10 nitrogen and oxygen atoms in total. The molecular weight excluding hydrogens is 574 g/mol. The van der Waals surface area contributed by atoms with Crippen molar-refractivity contribution in [1.29, 1.82) is 0 Å². The van der Waals surface area contributed by atoms with Crippen LogP contribution >= 0.6 is 0 Å². The van der Waals surface area contributed by atoms with Crippen LogP contribution < -0.4 is 10.1 Å². The van der Waals surface area contributed by atoms with E-state index in [0.717, 1.165) is 27.8 Å². The first kappa shape index (κ1) is 33.5. The Morgan fingerprint density at radius 2 is 1.44 bits per heavy atom. The average molecular weight is 618 g/mol. The zero-order chi connectivity index (χ0) is 32.3. The van der Waals surface area contributed by atoms with E-state index in [9.17, 15) is 14.4 Å². The van der Waals surface area contributed by atoms with E-state index in [2.05, 4.69) is 5.32 Å². The molecule has 3 amide bonds. The van der Waals surface area contributed by atoms with E-state index >= 15 is 0 Å². The van der Waals surface area contributed by atoms with Crippen LogP contribution in [0.2, 0.25) is 0 Å². The molecule has 1 atom stereocenters. The molecule has 1 aliphatic carbocycles. The fraction of sp³-hybridized carbons (Fsp3) is 0.400. The number of rotatable bonds is 15. The number of amides is 3. The third kappa shape index (κ3) is 8.61. The smallest absolute Gasteiger partial charge is 0.410 e. The number of carbonyl (C=O) groups excluding carboxylic acids is 3. The van der Waals surface area contributed by atoms with E-state index in [4.69, 9.17) is 18.9 Å². The summed E-state index contributed by atoms with van der Waals surface area (Å²) in [5.41, 5.74) is 4.84. The second-order valence-corrected chi connectivity index (χ2v) is 10.8. The normalized spacial score (nSPS) is 12.7. The van der Waals surface area contributed by atoms with Crippen LogP contribution in [0.25, 0.3) is 11.1 Å². The third-order valence-corrected chi connectivity index (χ3v) is 7.65. The van der Waals surface area contributed by atoms with Crippen LogP contribution in [0.3, 0.4) is 0 Å². The lowest BCUT2D eigenvalue weighted by atomic mass is 10.1. The molecule has 0 bridgehead atoms. The first-order valence-corrected chi connectivity index (χ1v) is 15.3. The Balaban J connectivity index is 1.34. The van der Waals surface area contributed by atoms with Gasteiger partial charge in [-0.25, -0.2) is 4.79 Å². The van der Waals surface area contributed by atoms with E-state index in [1.165, 1.54) is 4.90 Å². The fourth-order valence-electron chi connectivity index (χ4n) is 5.33. The first-order valence-electron chi connectivity index (χ1n) is 15.3. The lowest BCUT2D eigenvalue weighted by molar-refractivity contribution is -0.161. The SMILES string of the molecule is CCOC(CN(Cc1ccc(OC)cc1)C(=O)C(C)NC(=O)CCN(C)C(=O)OC1c2ccccc2-c2ccccc21)OCC. The van der Waals surface area contributed by atoms with E-state index in [1.54, 1.807) is 26.0 Å². The Kier molecular flexibility index (Phi) is 11.9. The van der Waals surface area contributed by atoms with E-state index < -0.39 is 24.5 Å². The molecule has 0 saturated carbocycles. The number of hydrogen-bond acceptors (Lipinski definition) is 7. The molecule has 240 valence electrons. The van der Waals surface area contributed by atoms with Crippen molar-refractivity contribution in [2.24, 2.45) is 0 Å². The van der Waals surface area contributed by atoms with Crippen LogP contribution in [-0.2, 0) is 30.3 Å². The monoisotopic (exact) mass is 617 g/mol. The molecule has 1 N–H and O–H groups in total. The van der Waals surface area contributed by atoms with E-state index in [0.29, 0.717) is 25.5 Å². The quantitative estimate of drug-likeness (QED) is 0.235. The summed E-state index contributed by atoms with van der Waals surface area (Å²) in [6.45, 7) is 6.83. The second kappa shape index (κ2) is 16.1. The Morgan fingerprint density at radius 3 is 2.00 bits per heavy atom. The highest BCUT2D eigenvalue weighted by molar-refractivity contribution is 5.87. The largest absolute Gasteiger partial charge is 0.497 e. The molecule has 10 heteroatoms. The van der Waals surface area contributed by atoms with Crippen LogP contribution in [0, 0.1) is 0 Å². The van der Waals surface area contributed by atoms with Gasteiger partial charge in [-0.05, 0) is 49.6 Å². The van der Waals surface area contributed by atoms with Crippen LogP contribution in [-0.4, -0.2) is 80.5 Å². The van der Waals surface area contributed by atoms with Crippen molar-refractivity contribution in [3.05, 3.63) is 89.5 Å². The van der Waals surface area contributed by atoms with Gasteiger partial charge in [0.05, 0.1) is 13.7 Å². The second-order valence-electron chi connectivity index (χ2n) is 10.8. The Bertz CT molecular complexity index is 1390. The van der Waals surface area contributed by atoms with Gasteiger partial charge in [-0.2, -0.15) is 0 Å². The topological polar surface area (TPSA) is 107 Å². The minimum atomic E-state index is -0.816. The van der Waals surface area contributed by atoms with Crippen molar-refractivity contribution in [3.63, 3.8) is 0 Å². The van der Waals surface area contributed by atoms with Crippen molar-refractivity contribution in [2.45, 2.75) is 52.2 Å². The highest BCUT2D eigenvalue weighted by Gasteiger charge is 2.32. The van der Waals surface area contributed by atoms with Crippen molar-refractivity contribution in [1.82, 2.24) is 15.1 Å². The van der Waals surface area contributed by atoms with Gasteiger partial charge in [-0.15, -0.1) is 0 Å². The van der Waals surface area contributed by atoms with Crippen LogP contribution in [0.1, 0.15) is 50.0 Å².